The normalized spacial score (nSPS) is 19.0. The Morgan fingerprint density at radius 3 is 2.42 bits per heavy atom. The maximum atomic E-state index is 11.4. The lowest BCUT2D eigenvalue weighted by molar-refractivity contribution is -0.142. The van der Waals surface area contributed by atoms with Gasteiger partial charge in [0.2, 0.25) is 0 Å². The third-order valence-electron chi connectivity index (χ3n) is 5.21. The highest BCUT2D eigenvalue weighted by Gasteiger charge is 2.20. The van der Waals surface area contributed by atoms with E-state index in [1.165, 1.54) is 57.8 Å². The van der Waals surface area contributed by atoms with Gasteiger partial charge in [0.25, 0.3) is 0 Å². The molecule has 1 aliphatic rings. The van der Waals surface area contributed by atoms with Gasteiger partial charge >= 0.3 is 5.97 Å². The van der Waals surface area contributed by atoms with Crippen LogP contribution >= 0.6 is 0 Å². The molecule has 1 atom stereocenters. The van der Waals surface area contributed by atoms with Gasteiger partial charge in [-0.15, -0.1) is 0 Å². The summed E-state index contributed by atoms with van der Waals surface area (Å²) < 4.78 is 2.23. The molecular weight excluding hydrogens is 302 g/mol. The summed E-state index contributed by atoms with van der Waals surface area (Å²) in [7, 11) is 0. The molecule has 0 aromatic carbocycles. The van der Waals surface area contributed by atoms with Crippen molar-refractivity contribution in [2.75, 3.05) is 6.54 Å². The van der Waals surface area contributed by atoms with Gasteiger partial charge < -0.3 is 15.4 Å². The van der Waals surface area contributed by atoms with Gasteiger partial charge in [0.15, 0.2) is 0 Å². The first-order chi connectivity index (χ1) is 11.7. The Morgan fingerprint density at radius 2 is 1.83 bits per heavy atom. The fraction of sp³-hybridized carbons (Fsp3) is 0.789. The van der Waals surface area contributed by atoms with Crippen molar-refractivity contribution in [3.05, 3.63) is 18.2 Å². The van der Waals surface area contributed by atoms with Gasteiger partial charge in [-0.2, -0.15) is 0 Å². The van der Waals surface area contributed by atoms with E-state index < -0.39 is 5.97 Å². The molecule has 1 heterocycles. The predicted molar refractivity (Wildman–Crippen MR) is 95.9 cm³/mol. The third kappa shape index (κ3) is 6.27. The maximum absolute atomic E-state index is 11.4. The average molecular weight is 335 g/mol. The van der Waals surface area contributed by atoms with Crippen LogP contribution in [0.15, 0.2) is 12.5 Å². The maximum Gasteiger partial charge on any atom is 0.306 e. The van der Waals surface area contributed by atoms with Crippen molar-refractivity contribution in [1.29, 1.82) is 0 Å². The number of aliphatic carboxylic acids is 1. The van der Waals surface area contributed by atoms with E-state index in [1.807, 2.05) is 6.33 Å². The highest BCUT2D eigenvalue weighted by atomic mass is 16.4. The van der Waals surface area contributed by atoms with Crippen molar-refractivity contribution in [3.8, 4) is 0 Å². The van der Waals surface area contributed by atoms with Crippen LogP contribution in [-0.2, 0) is 11.2 Å². The Kier molecular flexibility index (Phi) is 8.29. The van der Waals surface area contributed by atoms with Crippen LogP contribution in [0.25, 0.3) is 0 Å². The number of nitrogens with two attached hydrogens (primary N) is 1. The molecule has 0 saturated heterocycles. The Labute approximate surface area is 145 Å². The molecule has 1 aromatic rings. The Balaban J connectivity index is 1.95. The number of nitrogens with zero attached hydrogens (tertiary/aromatic N) is 2. The van der Waals surface area contributed by atoms with Gasteiger partial charge in [0.1, 0.15) is 0 Å². The van der Waals surface area contributed by atoms with Crippen molar-refractivity contribution in [2.24, 2.45) is 11.7 Å². The van der Waals surface area contributed by atoms with Gasteiger partial charge in [0, 0.05) is 18.7 Å². The summed E-state index contributed by atoms with van der Waals surface area (Å²) in [5.74, 6) is -1.11. The number of rotatable bonds is 7. The van der Waals surface area contributed by atoms with Crippen LogP contribution in [0.4, 0.5) is 0 Å². The van der Waals surface area contributed by atoms with E-state index >= 15 is 0 Å². The second-order valence-electron chi connectivity index (χ2n) is 7.19. The van der Waals surface area contributed by atoms with E-state index in [2.05, 4.69) is 15.7 Å². The van der Waals surface area contributed by atoms with Crippen LogP contribution in [-0.4, -0.2) is 27.2 Å². The SMILES string of the molecule is NCCC[C@@H](Cc1cn(C2CCCCCCCCC2)cn1)C(=O)O. The molecule has 3 N–H and O–H groups in total. The van der Waals surface area contributed by atoms with Gasteiger partial charge in [-0.3, -0.25) is 4.79 Å². The highest BCUT2D eigenvalue weighted by molar-refractivity contribution is 5.70. The van der Waals surface area contributed by atoms with Gasteiger partial charge in [-0.1, -0.05) is 44.9 Å². The molecule has 0 radical (unpaired) electrons. The first kappa shape index (κ1) is 19.0. The molecule has 5 nitrogen and oxygen atoms in total. The minimum Gasteiger partial charge on any atom is -0.481 e. The highest BCUT2D eigenvalue weighted by Crippen LogP contribution is 2.26. The first-order valence-electron chi connectivity index (χ1n) is 9.66. The summed E-state index contributed by atoms with van der Waals surface area (Å²) in [6, 6.07) is 0.525. The first-order valence-corrected chi connectivity index (χ1v) is 9.66. The number of hydrogen-bond acceptors (Lipinski definition) is 3. The van der Waals surface area contributed by atoms with Crippen LogP contribution in [0.5, 0.6) is 0 Å². The summed E-state index contributed by atoms with van der Waals surface area (Å²) >= 11 is 0. The van der Waals surface area contributed by atoms with E-state index in [9.17, 15) is 9.90 Å². The number of carboxylic acid groups (broad SMARTS) is 1. The van der Waals surface area contributed by atoms with Crippen molar-refractivity contribution in [2.45, 2.75) is 83.1 Å². The van der Waals surface area contributed by atoms with Crippen molar-refractivity contribution in [3.63, 3.8) is 0 Å². The molecule has 1 aliphatic carbocycles. The summed E-state index contributed by atoms with van der Waals surface area (Å²) in [5, 5.41) is 9.37. The Hall–Kier alpha value is -1.36. The fourth-order valence-electron chi connectivity index (χ4n) is 3.70. The molecule has 24 heavy (non-hydrogen) atoms. The molecule has 5 heteroatoms. The van der Waals surface area contributed by atoms with Crippen molar-refractivity contribution < 1.29 is 9.90 Å². The van der Waals surface area contributed by atoms with Crippen molar-refractivity contribution >= 4 is 5.97 Å². The molecule has 136 valence electrons. The summed E-state index contributed by atoms with van der Waals surface area (Å²) in [4.78, 5) is 15.9. The zero-order valence-electron chi connectivity index (χ0n) is 14.8. The molecule has 1 saturated carbocycles. The van der Waals surface area contributed by atoms with Gasteiger partial charge in [-0.05, 0) is 32.2 Å². The van der Waals surface area contributed by atoms with Crippen LogP contribution in [0.1, 0.15) is 82.4 Å². The lowest BCUT2D eigenvalue weighted by Gasteiger charge is -2.19. The summed E-state index contributed by atoms with van der Waals surface area (Å²) in [6.45, 7) is 0.542. The Bertz CT molecular complexity index is 477. The van der Waals surface area contributed by atoms with E-state index in [-0.39, 0.29) is 5.92 Å². The molecule has 0 aliphatic heterocycles. The van der Waals surface area contributed by atoms with Gasteiger partial charge in [-0.25, -0.2) is 4.98 Å². The molecular formula is C19H33N3O2. The number of imidazole rings is 1. The quantitative estimate of drug-likeness (QED) is 0.791. The Morgan fingerprint density at radius 1 is 1.21 bits per heavy atom. The second-order valence-corrected chi connectivity index (χ2v) is 7.19. The number of carboxylic acids is 1. The number of hydrogen-bond donors (Lipinski definition) is 2. The molecule has 0 amide bonds. The average Bonchev–Trinajstić information content (AvgIpc) is 3.04. The molecule has 1 fully saturated rings. The van der Waals surface area contributed by atoms with Crippen molar-refractivity contribution in [1.82, 2.24) is 9.55 Å². The zero-order chi connectivity index (χ0) is 17.2. The molecule has 1 aromatic heterocycles. The fourth-order valence-corrected chi connectivity index (χ4v) is 3.70. The second kappa shape index (κ2) is 10.5. The standard InChI is InChI=1S/C19H33N3O2/c20-12-8-9-16(19(23)24)13-17-14-22(15-21-17)18-10-6-4-2-1-3-5-7-11-18/h14-16,18H,1-13,20H2,(H,23,24)/t16-/m0/s1. The molecule has 0 bridgehead atoms. The van der Waals surface area contributed by atoms with Gasteiger partial charge in [0.05, 0.1) is 17.9 Å². The largest absolute Gasteiger partial charge is 0.481 e. The van der Waals surface area contributed by atoms with E-state index in [1.54, 1.807) is 0 Å². The minimum absolute atomic E-state index is 0.374. The lowest BCUT2D eigenvalue weighted by atomic mass is 9.97. The minimum atomic E-state index is -0.739. The molecule has 2 rings (SSSR count). The number of carbonyl (C=O) groups is 1. The smallest absolute Gasteiger partial charge is 0.306 e. The van der Waals surface area contributed by atoms with Crippen LogP contribution in [0, 0.1) is 5.92 Å². The monoisotopic (exact) mass is 335 g/mol. The number of aromatic nitrogens is 2. The van der Waals surface area contributed by atoms with Crippen LogP contribution in [0.3, 0.4) is 0 Å². The summed E-state index contributed by atoms with van der Waals surface area (Å²) in [6.07, 6.45) is 17.7. The lowest BCUT2D eigenvalue weighted by Crippen LogP contribution is -2.18. The molecule has 0 unspecified atom stereocenters. The van der Waals surface area contributed by atoms with Crippen LogP contribution in [0.2, 0.25) is 0 Å². The molecule has 0 spiro atoms. The van der Waals surface area contributed by atoms with E-state index in [0.29, 0.717) is 25.4 Å². The van der Waals surface area contributed by atoms with E-state index in [4.69, 9.17) is 5.73 Å². The topological polar surface area (TPSA) is 81.1 Å². The zero-order valence-corrected chi connectivity index (χ0v) is 14.8. The predicted octanol–water partition coefficient (Wildman–Crippen LogP) is 3.93. The van der Waals surface area contributed by atoms with Crippen LogP contribution < -0.4 is 5.73 Å². The van der Waals surface area contributed by atoms with E-state index in [0.717, 1.165) is 12.1 Å². The summed E-state index contributed by atoms with van der Waals surface area (Å²) in [5.41, 5.74) is 6.41. The third-order valence-corrected chi connectivity index (χ3v) is 5.21.